The molecular weight excluding hydrogens is 264 g/mol. The largest absolute Gasteiger partial charge is 0.385 e. The molecule has 1 aliphatic rings. The predicted octanol–water partition coefficient (Wildman–Crippen LogP) is 3.26. The fourth-order valence-corrected chi connectivity index (χ4v) is 2.15. The molecule has 5 heteroatoms. The summed E-state index contributed by atoms with van der Waals surface area (Å²) >= 11 is 0. The van der Waals surface area contributed by atoms with Gasteiger partial charge < -0.3 is 15.4 Å². The number of nitrogens with one attached hydrogen (secondary N) is 2. The highest BCUT2D eigenvalue weighted by atomic mass is 16.5. The van der Waals surface area contributed by atoms with E-state index >= 15 is 0 Å². The summed E-state index contributed by atoms with van der Waals surface area (Å²) in [5.41, 5.74) is 0.180. The lowest BCUT2D eigenvalue weighted by molar-refractivity contribution is 0.157. The van der Waals surface area contributed by atoms with Crippen LogP contribution in [0.2, 0.25) is 0 Å². The fourth-order valence-electron chi connectivity index (χ4n) is 2.15. The van der Waals surface area contributed by atoms with E-state index in [0.29, 0.717) is 5.92 Å². The summed E-state index contributed by atoms with van der Waals surface area (Å²) in [5.74, 6) is 3.39. The van der Waals surface area contributed by atoms with Crippen LogP contribution in [0.25, 0.3) is 0 Å². The van der Waals surface area contributed by atoms with Gasteiger partial charge in [-0.1, -0.05) is 13.8 Å². The highest BCUT2D eigenvalue weighted by Crippen LogP contribution is 2.38. The topological polar surface area (TPSA) is 59.1 Å². The minimum atomic E-state index is 0.180. The molecule has 5 nitrogen and oxygen atoms in total. The molecule has 0 saturated heterocycles. The van der Waals surface area contributed by atoms with Gasteiger partial charge in [0.15, 0.2) is 0 Å². The number of ether oxygens (including phenoxy) is 1. The van der Waals surface area contributed by atoms with Gasteiger partial charge in [0.1, 0.15) is 17.5 Å². The van der Waals surface area contributed by atoms with E-state index in [2.05, 4.69) is 41.4 Å². The minimum absolute atomic E-state index is 0.180. The van der Waals surface area contributed by atoms with Crippen LogP contribution in [-0.4, -0.2) is 36.8 Å². The Hall–Kier alpha value is -1.36. The summed E-state index contributed by atoms with van der Waals surface area (Å²) in [7, 11) is 1.75. The van der Waals surface area contributed by atoms with Gasteiger partial charge in [0.05, 0.1) is 0 Å². The smallest absolute Gasteiger partial charge is 0.136 e. The molecule has 0 spiro atoms. The van der Waals surface area contributed by atoms with Crippen molar-refractivity contribution < 1.29 is 4.74 Å². The Balaban J connectivity index is 2.01. The molecule has 1 aromatic rings. The van der Waals surface area contributed by atoms with Crippen molar-refractivity contribution in [3.8, 4) is 0 Å². The fraction of sp³-hybridized carbons (Fsp3) is 0.750. The summed E-state index contributed by atoms with van der Waals surface area (Å²) in [6, 6.07) is 2.00. The molecule has 0 amide bonds. The Morgan fingerprint density at radius 3 is 2.48 bits per heavy atom. The lowest BCUT2D eigenvalue weighted by atomic mass is 9.90. The highest BCUT2D eigenvalue weighted by Gasteiger charge is 2.27. The number of hydrogen-bond donors (Lipinski definition) is 2. The molecule has 2 N–H and O–H groups in total. The van der Waals surface area contributed by atoms with Gasteiger partial charge in [-0.15, -0.1) is 0 Å². The normalized spacial score (nSPS) is 15.0. The standard InChI is InChI=1S/C16H28N4O/c1-5-17-13-10-14(20-15(19-13)12-6-7-12)18-11-16(2,3)8-9-21-4/h10,12H,5-9,11H2,1-4H3,(H2,17,18,19,20). The first-order valence-corrected chi connectivity index (χ1v) is 7.90. The first-order chi connectivity index (χ1) is 10.0. The predicted molar refractivity (Wildman–Crippen MR) is 86.9 cm³/mol. The number of rotatable bonds is 9. The van der Waals surface area contributed by atoms with Gasteiger partial charge in [0, 0.05) is 38.8 Å². The Kier molecular flexibility index (Phi) is 5.39. The van der Waals surface area contributed by atoms with E-state index in [4.69, 9.17) is 4.74 Å². The van der Waals surface area contributed by atoms with Crippen molar-refractivity contribution in [1.82, 2.24) is 9.97 Å². The zero-order valence-corrected chi connectivity index (χ0v) is 13.7. The molecule has 118 valence electrons. The van der Waals surface area contributed by atoms with Crippen molar-refractivity contribution in [2.45, 2.75) is 46.0 Å². The van der Waals surface area contributed by atoms with Gasteiger partial charge in [-0.05, 0) is 31.6 Å². The number of aromatic nitrogens is 2. The third-order valence-electron chi connectivity index (χ3n) is 3.77. The summed E-state index contributed by atoms with van der Waals surface area (Å²) in [6.45, 7) is 9.11. The van der Waals surface area contributed by atoms with Crippen molar-refractivity contribution in [3.05, 3.63) is 11.9 Å². The Labute approximate surface area is 127 Å². The molecule has 1 aromatic heterocycles. The molecule has 0 atom stereocenters. The van der Waals surface area contributed by atoms with Gasteiger partial charge in [-0.2, -0.15) is 0 Å². The van der Waals surface area contributed by atoms with E-state index in [-0.39, 0.29) is 5.41 Å². The highest BCUT2D eigenvalue weighted by molar-refractivity contribution is 5.48. The van der Waals surface area contributed by atoms with Crippen molar-refractivity contribution in [3.63, 3.8) is 0 Å². The van der Waals surface area contributed by atoms with Crippen LogP contribution in [0.5, 0.6) is 0 Å². The second-order valence-corrected chi connectivity index (χ2v) is 6.56. The van der Waals surface area contributed by atoms with Gasteiger partial charge in [-0.25, -0.2) is 9.97 Å². The number of nitrogens with zero attached hydrogens (tertiary/aromatic N) is 2. The molecule has 0 bridgehead atoms. The lowest BCUT2D eigenvalue weighted by Gasteiger charge is -2.25. The average molecular weight is 292 g/mol. The second kappa shape index (κ2) is 7.07. The SMILES string of the molecule is CCNc1cc(NCC(C)(C)CCOC)nc(C2CC2)n1. The molecule has 2 rings (SSSR count). The van der Waals surface area contributed by atoms with Crippen molar-refractivity contribution in [1.29, 1.82) is 0 Å². The van der Waals surface area contributed by atoms with Crippen molar-refractivity contribution >= 4 is 11.6 Å². The maximum absolute atomic E-state index is 5.18. The van der Waals surface area contributed by atoms with Gasteiger partial charge >= 0.3 is 0 Å². The summed E-state index contributed by atoms with van der Waals surface area (Å²) < 4.78 is 5.18. The van der Waals surface area contributed by atoms with Crippen LogP contribution >= 0.6 is 0 Å². The third-order valence-corrected chi connectivity index (χ3v) is 3.77. The Morgan fingerprint density at radius 1 is 1.24 bits per heavy atom. The number of anilines is 2. The minimum Gasteiger partial charge on any atom is -0.385 e. The van der Waals surface area contributed by atoms with E-state index < -0.39 is 0 Å². The maximum atomic E-state index is 5.18. The maximum Gasteiger partial charge on any atom is 0.136 e. The molecular formula is C16H28N4O. The molecule has 21 heavy (non-hydrogen) atoms. The second-order valence-electron chi connectivity index (χ2n) is 6.56. The zero-order chi connectivity index (χ0) is 15.3. The van der Waals surface area contributed by atoms with E-state index in [9.17, 15) is 0 Å². The first-order valence-electron chi connectivity index (χ1n) is 7.90. The third kappa shape index (κ3) is 5.16. The molecule has 1 heterocycles. The zero-order valence-electron chi connectivity index (χ0n) is 13.7. The molecule has 1 aliphatic carbocycles. The summed E-state index contributed by atoms with van der Waals surface area (Å²) in [5, 5.41) is 6.76. The van der Waals surface area contributed by atoms with E-state index in [1.807, 2.05) is 6.07 Å². The molecule has 0 unspecified atom stereocenters. The van der Waals surface area contributed by atoms with Crippen LogP contribution in [0.15, 0.2) is 6.07 Å². The number of hydrogen-bond acceptors (Lipinski definition) is 5. The van der Waals surface area contributed by atoms with Crippen LogP contribution in [0.1, 0.15) is 51.8 Å². The van der Waals surface area contributed by atoms with E-state index in [1.165, 1.54) is 12.8 Å². The van der Waals surface area contributed by atoms with Gasteiger partial charge in [0.25, 0.3) is 0 Å². The van der Waals surface area contributed by atoms with Crippen LogP contribution in [0, 0.1) is 5.41 Å². The molecule has 1 fully saturated rings. The molecule has 0 radical (unpaired) electrons. The van der Waals surface area contributed by atoms with E-state index in [0.717, 1.165) is 43.6 Å². The van der Waals surface area contributed by atoms with E-state index in [1.54, 1.807) is 7.11 Å². The van der Waals surface area contributed by atoms with Crippen LogP contribution in [-0.2, 0) is 4.74 Å². The van der Waals surface area contributed by atoms with Gasteiger partial charge in [-0.3, -0.25) is 0 Å². The summed E-state index contributed by atoms with van der Waals surface area (Å²) in [6.07, 6.45) is 3.46. The lowest BCUT2D eigenvalue weighted by Crippen LogP contribution is -2.25. The van der Waals surface area contributed by atoms with Crippen LogP contribution in [0.3, 0.4) is 0 Å². The monoisotopic (exact) mass is 292 g/mol. The van der Waals surface area contributed by atoms with Crippen LogP contribution in [0.4, 0.5) is 11.6 Å². The molecule has 1 saturated carbocycles. The quantitative estimate of drug-likeness (QED) is 0.731. The Bertz CT molecular complexity index is 458. The average Bonchev–Trinajstić information content (AvgIpc) is 3.28. The first kappa shape index (κ1) is 16.0. The molecule has 0 aliphatic heterocycles. The van der Waals surface area contributed by atoms with Crippen molar-refractivity contribution in [2.24, 2.45) is 5.41 Å². The van der Waals surface area contributed by atoms with Gasteiger partial charge in [0.2, 0.25) is 0 Å². The van der Waals surface area contributed by atoms with Crippen molar-refractivity contribution in [2.75, 3.05) is 37.4 Å². The molecule has 0 aromatic carbocycles. The van der Waals surface area contributed by atoms with Crippen LogP contribution < -0.4 is 10.6 Å². The number of methoxy groups -OCH3 is 1. The summed E-state index contributed by atoms with van der Waals surface area (Å²) in [4.78, 5) is 9.26. The Morgan fingerprint density at radius 2 is 1.90 bits per heavy atom.